The van der Waals surface area contributed by atoms with Gasteiger partial charge < -0.3 is 10.1 Å². The molecule has 0 saturated heterocycles. The topological polar surface area (TPSA) is 68.5 Å². The SMILES string of the molecule is Cc1ccc(NC(=O)COc2nnc3ccccn23)cc1I. The van der Waals surface area contributed by atoms with Gasteiger partial charge in [-0.25, -0.2) is 0 Å². The Bertz CT molecular complexity index is 831. The van der Waals surface area contributed by atoms with Crippen LogP contribution in [0, 0.1) is 10.5 Å². The van der Waals surface area contributed by atoms with Crippen molar-refractivity contribution in [1.82, 2.24) is 14.6 Å². The molecule has 3 rings (SSSR count). The molecule has 112 valence electrons. The zero-order valence-electron chi connectivity index (χ0n) is 11.8. The Labute approximate surface area is 140 Å². The van der Waals surface area contributed by atoms with Gasteiger partial charge in [-0.15, -0.1) is 5.10 Å². The third-order valence-corrected chi connectivity index (χ3v) is 4.23. The van der Waals surface area contributed by atoms with Crippen molar-refractivity contribution in [2.75, 3.05) is 11.9 Å². The Kier molecular flexibility index (Phi) is 4.23. The first-order chi connectivity index (χ1) is 10.6. The second-order valence-electron chi connectivity index (χ2n) is 4.71. The van der Waals surface area contributed by atoms with Gasteiger partial charge in [0.05, 0.1) is 0 Å². The average molecular weight is 408 g/mol. The van der Waals surface area contributed by atoms with Crippen LogP contribution in [0.5, 0.6) is 6.01 Å². The minimum atomic E-state index is -0.243. The van der Waals surface area contributed by atoms with Crippen LogP contribution in [-0.4, -0.2) is 27.1 Å². The number of carbonyl (C=O) groups excluding carboxylic acids is 1. The lowest BCUT2D eigenvalue weighted by Crippen LogP contribution is -2.21. The lowest BCUT2D eigenvalue weighted by molar-refractivity contribution is -0.118. The van der Waals surface area contributed by atoms with Crippen LogP contribution in [-0.2, 0) is 4.79 Å². The fourth-order valence-corrected chi connectivity index (χ4v) is 2.43. The Morgan fingerprint density at radius 3 is 3.00 bits per heavy atom. The van der Waals surface area contributed by atoms with Gasteiger partial charge in [-0.05, 0) is 59.3 Å². The zero-order chi connectivity index (χ0) is 15.5. The number of anilines is 1. The van der Waals surface area contributed by atoms with Crippen LogP contribution < -0.4 is 10.1 Å². The molecule has 1 N–H and O–H groups in total. The highest BCUT2D eigenvalue weighted by molar-refractivity contribution is 14.1. The van der Waals surface area contributed by atoms with E-state index >= 15 is 0 Å². The minimum Gasteiger partial charge on any atom is -0.453 e. The molecule has 0 spiro atoms. The maximum absolute atomic E-state index is 11.9. The Morgan fingerprint density at radius 1 is 1.32 bits per heavy atom. The normalized spacial score (nSPS) is 10.6. The molecule has 6 nitrogen and oxygen atoms in total. The first-order valence-electron chi connectivity index (χ1n) is 6.62. The summed E-state index contributed by atoms with van der Waals surface area (Å²) in [5, 5.41) is 10.7. The maximum Gasteiger partial charge on any atom is 0.322 e. The first kappa shape index (κ1) is 14.8. The van der Waals surface area contributed by atoms with E-state index in [9.17, 15) is 4.79 Å². The van der Waals surface area contributed by atoms with Gasteiger partial charge in [-0.1, -0.05) is 17.2 Å². The quantitative estimate of drug-likeness (QED) is 0.675. The number of carbonyl (C=O) groups is 1. The lowest BCUT2D eigenvalue weighted by Gasteiger charge is -2.07. The molecule has 0 atom stereocenters. The molecule has 0 radical (unpaired) electrons. The van der Waals surface area contributed by atoms with E-state index in [1.165, 1.54) is 5.56 Å². The van der Waals surface area contributed by atoms with Crippen molar-refractivity contribution in [2.24, 2.45) is 0 Å². The summed E-state index contributed by atoms with van der Waals surface area (Å²) in [6, 6.07) is 11.6. The van der Waals surface area contributed by atoms with Gasteiger partial charge >= 0.3 is 6.01 Å². The number of aromatic nitrogens is 3. The molecule has 0 aliphatic heterocycles. The predicted molar refractivity (Wildman–Crippen MR) is 91.0 cm³/mol. The molecule has 0 saturated carbocycles. The highest BCUT2D eigenvalue weighted by Crippen LogP contribution is 2.17. The highest BCUT2D eigenvalue weighted by atomic mass is 127. The molecule has 2 heterocycles. The Hall–Kier alpha value is -2.16. The van der Waals surface area contributed by atoms with Crippen LogP contribution in [0.15, 0.2) is 42.6 Å². The molecular weight excluding hydrogens is 395 g/mol. The van der Waals surface area contributed by atoms with Gasteiger partial charge in [-0.2, -0.15) is 0 Å². The van der Waals surface area contributed by atoms with Gasteiger partial charge in [-0.3, -0.25) is 9.20 Å². The molecule has 1 aromatic carbocycles. The summed E-state index contributed by atoms with van der Waals surface area (Å²) in [5.41, 5.74) is 2.59. The third-order valence-electron chi connectivity index (χ3n) is 3.07. The molecule has 7 heteroatoms. The van der Waals surface area contributed by atoms with E-state index in [0.717, 1.165) is 9.26 Å². The zero-order valence-corrected chi connectivity index (χ0v) is 13.9. The fourth-order valence-electron chi connectivity index (χ4n) is 1.92. The number of benzene rings is 1. The summed E-state index contributed by atoms with van der Waals surface area (Å²) < 4.78 is 8.20. The van der Waals surface area contributed by atoms with Crippen molar-refractivity contribution < 1.29 is 9.53 Å². The van der Waals surface area contributed by atoms with Gasteiger partial charge in [0.2, 0.25) is 0 Å². The number of nitrogens with one attached hydrogen (secondary N) is 1. The largest absolute Gasteiger partial charge is 0.453 e. The number of hydrogen-bond donors (Lipinski definition) is 1. The van der Waals surface area contributed by atoms with Gasteiger partial charge in [0.1, 0.15) is 0 Å². The van der Waals surface area contributed by atoms with Crippen molar-refractivity contribution in [2.45, 2.75) is 6.92 Å². The number of aryl methyl sites for hydroxylation is 1. The predicted octanol–water partition coefficient (Wildman–Crippen LogP) is 2.66. The number of amides is 1. The first-order valence-corrected chi connectivity index (χ1v) is 7.70. The third kappa shape index (κ3) is 3.19. The van der Waals surface area contributed by atoms with Crippen molar-refractivity contribution in [1.29, 1.82) is 0 Å². The molecule has 2 aromatic heterocycles. The second kappa shape index (κ2) is 6.30. The fraction of sp³-hybridized carbons (Fsp3) is 0.133. The number of hydrogen-bond acceptors (Lipinski definition) is 4. The van der Waals surface area contributed by atoms with Crippen LogP contribution in [0.3, 0.4) is 0 Å². The molecule has 0 bridgehead atoms. The van der Waals surface area contributed by atoms with Crippen molar-refractivity contribution in [3.8, 4) is 6.01 Å². The van der Waals surface area contributed by atoms with E-state index in [-0.39, 0.29) is 12.5 Å². The number of fused-ring (bicyclic) bond motifs is 1. The number of pyridine rings is 1. The number of rotatable bonds is 4. The second-order valence-corrected chi connectivity index (χ2v) is 5.87. The summed E-state index contributed by atoms with van der Waals surface area (Å²) in [6.07, 6.45) is 1.78. The van der Waals surface area contributed by atoms with E-state index in [1.54, 1.807) is 10.6 Å². The number of halogens is 1. The van der Waals surface area contributed by atoms with Crippen molar-refractivity contribution >= 4 is 39.8 Å². The van der Waals surface area contributed by atoms with E-state index in [0.29, 0.717) is 11.7 Å². The number of ether oxygens (including phenoxy) is 1. The van der Waals surface area contributed by atoms with E-state index in [4.69, 9.17) is 4.74 Å². The van der Waals surface area contributed by atoms with E-state index in [1.807, 2.05) is 43.3 Å². The maximum atomic E-state index is 11.9. The molecule has 0 aliphatic rings. The van der Waals surface area contributed by atoms with Crippen LogP contribution in [0.4, 0.5) is 5.69 Å². The lowest BCUT2D eigenvalue weighted by atomic mass is 10.2. The molecule has 3 aromatic rings. The van der Waals surface area contributed by atoms with Gasteiger partial charge in [0, 0.05) is 15.5 Å². The van der Waals surface area contributed by atoms with Gasteiger partial charge in [0.15, 0.2) is 12.3 Å². The van der Waals surface area contributed by atoms with Crippen LogP contribution in [0.25, 0.3) is 5.65 Å². The Balaban J connectivity index is 1.63. The van der Waals surface area contributed by atoms with E-state index in [2.05, 4.69) is 38.1 Å². The molecular formula is C15H13IN4O2. The molecule has 0 fully saturated rings. The molecule has 0 aliphatic carbocycles. The summed E-state index contributed by atoms with van der Waals surface area (Å²) >= 11 is 2.23. The molecule has 1 amide bonds. The minimum absolute atomic E-state index is 0.125. The van der Waals surface area contributed by atoms with Crippen LogP contribution >= 0.6 is 22.6 Å². The van der Waals surface area contributed by atoms with Gasteiger partial charge in [0.25, 0.3) is 5.91 Å². The summed E-state index contributed by atoms with van der Waals surface area (Å²) in [6.45, 7) is 1.90. The highest BCUT2D eigenvalue weighted by Gasteiger charge is 2.09. The molecule has 22 heavy (non-hydrogen) atoms. The smallest absolute Gasteiger partial charge is 0.322 e. The summed E-state index contributed by atoms with van der Waals surface area (Å²) in [5.74, 6) is -0.243. The Morgan fingerprint density at radius 2 is 2.18 bits per heavy atom. The van der Waals surface area contributed by atoms with Crippen molar-refractivity contribution in [3.63, 3.8) is 0 Å². The van der Waals surface area contributed by atoms with E-state index < -0.39 is 0 Å². The van der Waals surface area contributed by atoms with Crippen LogP contribution in [0.1, 0.15) is 5.56 Å². The van der Waals surface area contributed by atoms with Crippen molar-refractivity contribution in [3.05, 3.63) is 51.7 Å². The molecule has 0 unspecified atom stereocenters. The summed E-state index contributed by atoms with van der Waals surface area (Å²) in [4.78, 5) is 11.9. The monoisotopic (exact) mass is 408 g/mol. The standard InChI is InChI=1S/C15H13IN4O2/c1-10-5-6-11(8-12(10)16)17-14(21)9-22-15-19-18-13-4-2-3-7-20(13)15/h2-8H,9H2,1H3,(H,17,21). The average Bonchev–Trinajstić information content (AvgIpc) is 2.92. The number of nitrogens with zero attached hydrogens (tertiary/aromatic N) is 3. The van der Waals surface area contributed by atoms with Crippen LogP contribution in [0.2, 0.25) is 0 Å². The summed E-state index contributed by atoms with van der Waals surface area (Å²) in [7, 11) is 0.